The van der Waals surface area contributed by atoms with Crippen LogP contribution in [0.5, 0.6) is 0 Å². The molecule has 1 aliphatic heterocycles. The second kappa shape index (κ2) is 5.73. The number of hydrogen-bond acceptors (Lipinski definition) is 5. The van der Waals surface area contributed by atoms with Gasteiger partial charge in [-0.25, -0.2) is 0 Å². The highest BCUT2D eigenvalue weighted by Gasteiger charge is 2.22. The van der Waals surface area contributed by atoms with Gasteiger partial charge in [0.1, 0.15) is 0 Å². The highest BCUT2D eigenvalue weighted by molar-refractivity contribution is 7.99. The van der Waals surface area contributed by atoms with E-state index in [1.807, 2.05) is 0 Å². The van der Waals surface area contributed by atoms with Crippen LogP contribution in [0.2, 0.25) is 0 Å². The number of carbonyl (C=O) groups excluding carboxylic acids is 1. The number of hydrogen-bond donors (Lipinski definition) is 0. The fourth-order valence-electron chi connectivity index (χ4n) is 1.68. The topological polar surface area (TPSA) is 59.2 Å². The molecule has 0 aliphatic carbocycles. The number of likely N-dealkylation sites (tertiary alicyclic amines) is 1. The van der Waals surface area contributed by atoms with Gasteiger partial charge < -0.3 is 9.32 Å². The second-order valence-electron chi connectivity index (χ2n) is 4.95. The van der Waals surface area contributed by atoms with Crippen molar-refractivity contribution in [1.29, 1.82) is 0 Å². The van der Waals surface area contributed by atoms with Gasteiger partial charge >= 0.3 is 0 Å². The molecule has 0 bridgehead atoms. The van der Waals surface area contributed by atoms with E-state index >= 15 is 0 Å². The van der Waals surface area contributed by atoms with Gasteiger partial charge in [-0.1, -0.05) is 32.5 Å². The fourth-order valence-corrected chi connectivity index (χ4v) is 2.50. The van der Waals surface area contributed by atoms with Crippen LogP contribution in [0.3, 0.4) is 0 Å². The van der Waals surface area contributed by atoms with Gasteiger partial charge in [0.05, 0.1) is 6.54 Å². The quantitative estimate of drug-likeness (QED) is 0.768. The third kappa shape index (κ3) is 3.25. The molecular weight excluding hydrogens is 250 g/mol. The Hall–Kier alpha value is -1.04. The molecule has 1 aromatic heterocycles. The zero-order chi connectivity index (χ0) is 13.1. The SMILES string of the molecule is CC(C)[C@H](C)Sc1nnc(CN2CCCC2=O)o1. The van der Waals surface area contributed by atoms with Gasteiger partial charge in [-0.2, -0.15) is 0 Å². The molecule has 1 amide bonds. The molecule has 18 heavy (non-hydrogen) atoms. The molecule has 0 N–H and O–H groups in total. The van der Waals surface area contributed by atoms with E-state index in [0.717, 1.165) is 13.0 Å². The standard InChI is InChI=1S/C12H19N3O2S/c1-8(2)9(3)18-12-14-13-10(17-12)7-15-6-4-5-11(15)16/h8-9H,4-7H2,1-3H3/t9-/m0/s1. The number of amides is 1. The Morgan fingerprint density at radius 3 is 2.78 bits per heavy atom. The molecule has 2 heterocycles. The fraction of sp³-hybridized carbons (Fsp3) is 0.750. The molecule has 1 fully saturated rings. The number of rotatable bonds is 5. The summed E-state index contributed by atoms with van der Waals surface area (Å²) in [5.74, 6) is 1.27. The second-order valence-corrected chi connectivity index (χ2v) is 6.28. The zero-order valence-electron chi connectivity index (χ0n) is 11.0. The van der Waals surface area contributed by atoms with Crippen molar-refractivity contribution >= 4 is 17.7 Å². The largest absolute Gasteiger partial charge is 0.414 e. The van der Waals surface area contributed by atoms with Crippen molar-refractivity contribution in [2.45, 2.75) is 50.6 Å². The van der Waals surface area contributed by atoms with E-state index < -0.39 is 0 Å². The van der Waals surface area contributed by atoms with Crippen molar-refractivity contribution < 1.29 is 9.21 Å². The molecule has 100 valence electrons. The Morgan fingerprint density at radius 2 is 2.17 bits per heavy atom. The first-order valence-corrected chi connectivity index (χ1v) is 7.21. The van der Waals surface area contributed by atoms with Gasteiger partial charge in [0.25, 0.3) is 5.22 Å². The van der Waals surface area contributed by atoms with Crippen LogP contribution in [0.15, 0.2) is 9.64 Å². The van der Waals surface area contributed by atoms with Crippen molar-refractivity contribution in [2.75, 3.05) is 6.54 Å². The number of thioether (sulfide) groups is 1. The maximum absolute atomic E-state index is 11.5. The summed E-state index contributed by atoms with van der Waals surface area (Å²) < 4.78 is 5.56. The highest BCUT2D eigenvalue weighted by atomic mass is 32.2. The summed E-state index contributed by atoms with van der Waals surface area (Å²) in [6.07, 6.45) is 1.57. The molecule has 0 radical (unpaired) electrons. The molecule has 5 nitrogen and oxygen atoms in total. The van der Waals surface area contributed by atoms with Gasteiger partial charge in [0.15, 0.2) is 0 Å². The summed E-state index contributed by atoms with van der Waals surface area (Å²) in [7, 11) is 0. The molecule has 0 spiro atoms. The van der Waals surface area contributed by atoms with Crippen molar-refractivity contribution in [1.82, 2.24) is 15.1 Å². The monoisotopic (exact) mass is 269 g/mol. The van der Waals surface area contributed by atoms with Crippen LogP contribution >= 0.6 is 11.8 Å². The molecule has 2 rings (SSSR count). The lowest BCUT2D eigenvalue weighted by molar-refractivity contribution is -0.128. The summed E-state index contributed by atoms with van der Waals surface area (Å²) in [5, 5.41) is 9.04. The minimum atomic E-state index is 0.179. The van der Waals surface area contributed by atoms with Gasteiger partial charge in [-0.15, -0.1) is 10.2 Å². The molecule has 1 aliphatic rings. The van der Waals surface area contributed by atoms with Crippen molar-refractivity contribution in [3.8, 4) is 0 Å². The van der Waals surface area contributed by atoms with E-state index in [-0.39, 0.29) is 5.91 Å². The van der Waals surface area contributed by atoms with Crippen LogP contribution < -0.4 is 0 Å². The minimum Gasteiger partial charge on any atom is -0.414 e. The van der Waals surface area contributed by atoms with Crippen molar-refractivity contribution in [2.24, 2.45) is 5.92 Å². The Balaban J connectivity index is 1.91. The summed E-state index contributed by atoms with van der Waals surface area (Å²) >= 11 is 1.59. The average molecular weight is 269 g/mol. The van der Waals surface area contributed by atoms with E-state index in [0.29, 0.717) is 35.2 Å². The molecular formula is C12H19N3O2S. The summed E-state index contributed by atoms with van der Waals surface area (Å²) in [6, 6.07) is 0. The summed E-state index contributed by atoms with van der Waals surface area (Å²) in [5.41, 5.74) is 0. The van der Waals surface area contributed by atoms with E-state index in [4.69, 9.17) is 4.42 Å². The van der Waals surface area contributed by atoms with E-state index in [2.05, 4.69) is 31.0 Å². The molecule has 0 aromatic carbocycles. The lowest BCUT2D eigenvalue weighted by Crippen LogP contribution is -2.23. The third-order valence-electron chi connectivity index (χ3n) is 3.17. The van der Waals surface area contributed by atoms with Gasteiger partial charge in [0.2, 0.25) is 11.8 Å². The van der Waals surface area contributed by atoms with Gasteiger partial charge in [-0.3, -0.25) is 4.79 Å². The zero-order valence-corrected chi connectivity index (χ0v) is 11.9. The number of nitrogens with zero attached hydrogens (tertiary/aromatic N) is 3. The Morgan fingerprint density at radius 1 is 1.39 bits per heavy atom. The van der Waals surface area contributed by atoms with Crippen LogP contribution in [0.1, 0.15) is 39.5 Å². The first-order valence-electron chi connectivity index (χ1n) is 6.33. The maximum Gasteiger partial charge on any atom is 0.276 e. The lowest BCUT2D eigenvalue weighted by atomic mass is 10.2. The van der Waals surface area contributed by atoms with Crippen LogP contribution in [-0.4, -0.2) is 32.8 Å². The first kappa shape index (κ1) is 13.4. The van der Waals surface area contributed by atoms with E-state index in [1.54, 1.807) is 16.7 Å². The van der Waals surface area contributed by atoms with Crippen LogP contribution in [-0.2, 0) is 11.3 Å². The van der Waals surface area contributed by atoms with Gasteiger partial charge in [-0.05, 0) is 12.3 Å². The van der Waals surface area contributed by atoms with Gasteiger partial charge in [0, 0.05) is 18.2 Å². The molecule has 6 heteroatoms. The van der Waals surface area contributed by atoms with Crippen LogP contribution in [0, 0.1) is 5.92 Å². The van der Waals surface area contributed by atoms with Crippen LogP contribution in [0.25, 0.3) is 0 Å². The van der Waals surface area contributed by atoms with Crippen LogP contribution in [0.4, 0.5) is 0 Å². The van der Waals surface area contributed by atoms with Crippen molar-refractivity contribution in [3.63, 3.8) is 0 Å². The first-order chi connectivity index (χ1) is 8.56. The third-order valence-corrected chi connectivity index (χ3v) is 4.45. The average Bonchev–Trinajstić information content (AvgIpc) is 2.90. The maximum atomic E-state index is 11.5. The summed E-state index contributed by atoms with van der Waals surface area (Å²) in [4.78, 5) is 13.3. The Labute approximate surface area is 111 Å². The molecule has 1 atom stereocenters. The Kier molecular flexibility index (Phi) is 4.27. The van der Waals surface area contributed by atoms with E-state index in [9.17, 15) is 4.79 Å². The number of carbonyl (C=O) groups is 1. The Bertz CT molecular complexity index is 419. The molecule has 0 unspecified atom stereocenters. The molecule has 0 saturated carbocycles. The smallest absolute Gasteiger partial charge is 0.276 e. The lowest BCUT2D eigenvalue weighted by Gasteiger charge is -2.12. The van der Waals surface area contributed by atoms with E-state index in [1.165, 1.54) is 0 Å². The van der Waals surface area contributed by atoms with Crippen molar-refractivity contribution in [3.05, 3.63) is 5.89 Å². The highest BCUT2D eigenvalue weighted by Crippen LogP contribution is 2.26. The molecule has 1 aromatic rings. The predicted molar refractivity (Wildman–Crippen MR) is 69.1 cm³/mol. The normalized spacial score (nSPS) is 17.8. The minimum absolute atomic E-state index is 0.179. The summed E-state index contributed by atoms with van der Waals surface area (Å²) in [6.45, 7) is 7.72. The number of aromatic nitrogens is 2. The predicted octanol–water partition coefficient (Wildman–Crippen LogP) is 2.33. The molecule has 1 saturated heterocycles.